The first-order valence-corrected chi connectivity index (χ1v) is 5.97. The van der Waals surface area contributed by atoms with Gasteiger partial charge >= 0.3 is 0 Å². The molecule has 3 aromatic rings. The lowest BCUT2D eigenvalue weighted by Crippen LogP contribution is -1.96. The second-order valence-corrected chi connectivity index (χ2v) is 4.26. The summed E-state index contributed by atoms with van der Waals surface area (Å²) in [7, 11) is 0. The average molecular weight is 234 g/mol. The van der Waals surface area contributed by atoms with Crippen LogP contribution in [0.1, 0.15) is 11.3 Å². The van der Waals surface area contributed by atoms with Gasteiger partial charge in [0.15, 0.2) is 0 Å². The third-order valence-electron chi connectivity index (χ3n) is 3.22. The summed E-state index contributed by atoms with van der Waals surface area (Å²) >= 11 is 0. The minimum Gasteiger partial charge on any atom is -0.308 e. The zero-order chi connectivity index (χ0) is 12.5. The maximum atomic E-state index is 4.47. The van der Waals surface area contributed by atoms with E-state index in [0.29, 0.717) is 0 Å². The van der Waals surface area contributed by atoms with E-state index in [-0.39, 0.29) is 0 Å². The summed E-state index contributed by atoms with van der Waals surface area (Å²) in [5.74, 6) is 0. The van der Waals surface area contributed by atoms with Gasteiger partial charge in [0.05, 0.1) is 16.7 Å². The van der Waals surface area contributed by atoms with Crippen LogP contribution >= 0.6 is 0 Å². The van der Waals surface area contributed by atoms with E-state index in [1.807, 2.05) is 36.5 Å². The maximum absolute atomic E-state index is 4.47. The van der Waals surface area contributed by atoms with E-state index in [1.54, 1.807) is 0 Å². The van der Waals surface area contributed by atoms with Crippen molar-refractivity contribution in [1.82, 2.24) is 9.55 Å². The first-order valence-electron chi connectivity index (χ1n) is 5.97. The standard InChI is InChI=1S/C16H14N2/c1-3-14-12(2)16-15(10-7-11-17-16)18(14)13-8-5-4-6-9-13/h3-11H,1H2,2H3. The Morgan fingerprint density at radius 1 is 1.11 bits per heavy atom. The van der Waals surface area contributed by atoms with Crippen LogP contribution in [0.2, 0.25) is 0 Å². The lowest BCUT2D eigenvalue weighted by atomic mass is 10.2. The number of aryl methyl sites for hydroxylation is 1. The smallest absolute Gasteiger partial charge is 0.0920 e. The van der Waals surface area contributed by atoms with Crippen LogP contribution in [-0.4, -0.2) is 9.55 Å². The number of hydrogen-bond donors (Lipinski definition) is 0. The molecular formula is C16H14N2. The Hall–Kier alpha value is -2.35. The van der Waals surface area contributed by atoms with Crippen LogP contribution in [0.15, 0.2) is 55.2 Å². The minimum absolute atomic E-state index is 1.04. The van der Waals surface area contributed by atoms with Crippen LogP contribution in [0.25, 0.3) is 22.8 Å². The van der Waals surface area contributed by atoms with Gasteiger partial charge in [0, 0.05) is 17.4 Å². The Morgan fingerprint density at radius 2 is 1.89 bits per heavy atom. The van der Waals surface area contributed by atoms with Crippen LogP contribution in [0.5, 0.6) is 0 Å². The summed E-state index contributed by atoms with van der Waals surface area (Å²) in [6.07, 6.45) is 3.72. The van der Waals surface area contributed by atoms with Gasteiger partial charge in [-0.05, 0) is 37.3 Å². The van der Waals surface area contributed by atoms with Gasteiger partial charge < -0.3 is 4.57 Å². The van der Waals surface area contributed by atoms with Crippen molar-refractivity contribution in [2.24, 2.45) is 0 Å². The Labute approximate surface area is 106 Å². The third-order valence-corrected chi connectivity index (χ3v) is 3.22. The van der Waals surface area contributed by atoms with Crippen LogP contribution in [0.3, 0.4) is 0 Å². The van der Waals surface area contributed by atoms with E-state index >= 15 is 0 Å². The van der Waals surface area contributed by atoms with Gasteiger partial charge in [-0.2, -0.15) is 0 Å². The maximum Gasteiger partial charge on any atom is 0.0920 e. The van der Waals surface area contributed by atoms with E-state index in [2.05, 4.69) is 41.3 Å². The van der Waals surface area contributed by atoms with Gasteiger partial charge in [0.25, 0.3) is 0 Å². The van der Waals surface area contributed by atoms with E-state index in [1.165, 1.54) is 5.56 Å². The van der Waals surface area contributed by atoms with Crippen molar-refractivity contribution in [3.05, 3.63) is 66.5 Å². The number of pyridine rings is 1. The molecule has 0 fully saturated rings. The second-order valence-electron chi connectivity index (χ2n) is 4.26. The molecule has 0 radical (unpaired) electrons. The Kier molecular flexibility index (Phi) is 2.49. The van der Waals surface area contributed by atoms with Gasteiger partial charge in [-0.3, -0.25) is 4.98 Å². The highest BCUT2D eigenvalue weighted by molar-refractivity contribution is 5.86. The van der Waals surface area contributed by atoms with Crippen molar-refractivity contribution in [1.29, 1.82) is 0 Å². The molecule has 3 rings (SSSR count). The van der Waals surface area contributed by atoms with Crippen molar-refractivity contribution < 1.29 is 0 Å². The molecule has 1 aromatic carbocycles. The van der Waals surface area contributed by atoms with Crippen LogP contribution in [0.4, 0.5) is 0 Å². The number of nitrogens with zero attached hydrogens (tertiary/aromatic N) is 2. The quantitative estimate of drug-likeness (QED) is 0.656. The highest BCUT2D eigenvalue weighted by Gasteiger charge is 2.13. The van der Waals surface area contributed by atoms with Crippen molar-refractivity contribution in [2.45, 2.75) is 6.92 Å². The van der Waals surface area contributed by atoms with Crippen LogP contribution in [-0.2, 0) is 0 Å². The summed E-state index contributed by atoms with van der Waals surface area (Å²) in [6, 6.07) is 14.4. The number of para-hydroxylation sites is 1. The number of fused-ring (bicyclic) bond motifs is 1. The van der Waals surface area contributed by atoms with Crippen LogP contribution in [0, 0.1) is 6.92 Å². The topological polar surface area (TPSA) is 17.8 Å². The molecule has 0 unspecified atom stereocenters. The molecule has 2 heteroatoms. The van der Waals surface area contributed by atoms with Gasteiger partial charge in [-0.1, -0.05) is 24.8 Å². The van der Waals surface area contributed by atoms with Gasteiger partial charge in [0.1, 0.15) is 0 Å². The summed E-state index contributed by atoms with van der Waals surface area (Å²) in [6.45, 7) is 6.01. The number of aromatic nitrogens is 2. The molecule has 0 atom stereocenters. The SMILES string of the molecule is C=Cc1c(C)c2ncccc2n1-c1ccccc1. The molecule has 0 amide bonds. The Balaban J connectivity index is 2.44. The van der Waals surface area contributed by atoms with E-state index < -0.39 is 0 Å². The molecule has 0 spiro atoms. The fourth-order valence-corrected chi connectivity index (χ4v) is 2.38. The van der Waals surface area contributed by atoms with Gasteiger partial charge in [-0.25, -0.2) is 0 Å². The largest absolute Gasteiger partial charge is 0.308 e. The molecule has 0 saturated carbocycles. The molecular weight excluding hydrogens is 220 g/mol. The molecule has 0 N–H and O–H groups in total. The highest BCUT2D eigenvalue weighted by Crippen LogP contribution is 2.27. The highest BCUT2D eigenvalue weighted by atomic mass is 15.0. The zero-order valence-corrected chi connectivity index (χ0v) is 10.3. The molecule has 0 aliphatic rings. The lowest BCUT2D eigenvalue weighted by molar-refractivity contribution is 1.10. The summed E-state index contributed by atoms with van der Waals surface area (Å²) in [5, 5.41) is 0. The van der Waals surface area contributed by atoms with E-state index in [0.717, 1.165) is 22.4 Å². The molecule has 88 valence electrons. The Bertz CT molecular complexity index is 709. The van der Waals surface area contributed by atoms with Crippen molar-refractivity contribution in [3.63, 3.8) is 0 Å². The van der Waals surface area contributed by atoms with E-state index in [4.69, 9.17) is 0 Å². The molecule has 0 aliphatic carbocycles. The normalized spacial score (nSPS) is 10.7. The number of hydrogen-bond acceptors (Lipinski definition) is 1. The molecule has 18 heavy (non-hydrogen) atoms. The van der Waals surface area contributed by atoms with Gasteiger partial charge in [-0.15, -0.1) is 0 Å². The molecule has 2 aromatic heterocycles. The first-order chi connectivity index (χ1) is 8.83. The molecule has 2 heterocycles. The average Bonchev–Trinajstić information content (AvgIpc) is 2.73. The minimum atomic E-state index is 1.04. The Morgan fingerprint density at radius 3 is 2.61 bits per heavy atom. The van der Waals surface area contributed by atoms with Crippen LogP contribution < -0.4 is 0 Å². The zero-order valence-electron chi connectivity index (χ0n) is 10.3. The predicted molar refractivity (Wildman–Crippen MR) is 75.9 cm³/mol. The summed E-state index contributed by atoms with van der Waals surface area (Å²) in [4.78, 5) is 4.47. The fraction of sp³-hybridized carbons (Fsp3) is 0.0625. The first kappa shape index (κ1) is 10.8. The molecule has 2 nitrogen and oxygen atoms in total. The molecule has 0 bridgehead atoms. The van der Waals surface area contributed by atoms with Crippen molar-refractivity contribution in [3.8, 4) is 5.69 Å². The van der Waals surface area contributed by atoms with Crippen molar-refractivity contribution >= 4 is 17.1 Å². The number of rotatable bonds is 2. The fourth-order valence-electron chi connectivity index (χ4n) is 2.38. The van der Waals surface area contributed by atoms with Gasteiger partial charge in [0.2, 0.25) is 0 Å². The summed E-state index contributed by atoms with van der Waals surface area (Å²) < 4.78 is 2.20. The van der Waals surface area contributed by atoms with Crippen molar-refractivity contribution in [2.75, 3.05) is 0 Å². The third kappa shape index (κ3) is 1.46. The monoisotopic (exact) mass is 234 g/mol. The number of benzene rings is 1. The molecule has 0 aliphatic heterocycles. The molecule has 0 saturated heterocycles. The second kappa shape index (κ2) is 4.15. The van der Waals surface area contributed by atoms with E-state index in [9.17, 15) is 0 Å². The lowest BCUT2D eigenvalue weighted by Gasteiger charge is -2.08. The summed E-state index contributed by atoms with van der Waals surface area (Å²) in [5.41, 5.74) is 5.57. The predicted octanol–water partition coefficient (Wildman–Crippen LogP) is 3.98.